The maximum Gasteiger partial charge on any atom is 0.504 e. The average Bonchev–Trinajstić information content (AvgIpc) is 2.86. The molecule has 0 fully saturated rings. The van der Waals surface area contributed by atoms with E-state index in [0.29, 0.717) is 25.2 Å². The lowest BCUT2D eigenvalue weighted by atomic mass is 10.2. The summed E-state index contributed by atoms with van der Waals surface area (Å²) in [7, 11) is -9.54. The molecule has 0 radical (unpaired) electrons. The minimum Gasteiger partial charge on any atom is -0.490 e. The van der Waals surface area contributed by atoms with Crippen molar-refractivity contribution in [2.24, 2.45) is 0 Å². The third kappa shape index (κ3) is 7.09. The summed E-state index contributed by atoms with van der Waals surface area (Å²) in [6.07, 6.45) is 4.62. The molecular weight excluding hydrogens is 504 g/mol. The molecule has 0 bridgehead atoms. The van der Waals surface area contributed by atoms with Crippen molar-refractivity contribution in [2.75, 3.05) is 19.8 Å². The van der Waals surface area contributed by atoms with Crippen LogP contribution in [0.2, 0.25) is 0 Å². The highest BCUT2D eigenvalue weighted by atomic mass is 32.3. The van der Waals surface area contributed by atoms with E-state index in [1.54, 1.807) is 6.07 Å². The van der Waals surface area contributed by atoms with Gasteiger partial charge in [-0.3, -0.25) is 0 Å². The van der Waals surface area contributed by atoms with E-state index in [2.05, 4.69) is 4.79 Å². The van der Waals surface area contributed by atoms with Gasteiger partial charge in [0.2, 0.25) is 5.75 Å². The smallest absolute Gasteiger partial charge is 0.490 e. The number of hydrogen-bond acceptors (Lipinski definition) is 7. The summed E-state index contributed by atoms with van der Waals surface area (Å²) < 4.78 is 69.8. The molecule has 0 saturated carbocycles. The second-order valence-electron chi connectivity index (χ2n) is 8.01. The van der Waals surface area contributed by atoms with Crippen molar-refractivity contribution in [1.82, 2.24) is 0 Å². The van der Waals surface area contributed by atoms with Crippen LogP contribution in [0.25, 0.3) is 5.53 Å². The van der Waals surface area contributed by atoms with Crippen LogP contribution in [0.15, 0.2) is 52.3 Å². The van der Waals surface area contributed by atoms with Crippen LogP contribution >= 0.6 is 0 Å². The van der Waals surface area contributed by atoms with Gasteiger partial charge in [-0.15, -0.1) is 4.79 Å². The number of ether oxygens (including phenoxy) is 3. The van der Waals surface area contributed by atoms with Crippen LogP contribution in [-0.4, -0.2) is 45.8 Å². The molecule has 0 saturated heterocycles. The third-order valence-corrected chi connectivity index (χ3v) is 9.36. The Labute approximate surface area is 213 Å². The van der Waals surface area contributed by atoms with E-state index >= 15 is 0 Å². The van der Waals surface area contributed by atoms with E-state index < -0.39 is 28.9 Å². The number of unbranched alkanes of at least 4 members (excludes halogenated alkanes) is 3. The first kappa shape index (κ1) is 29.4. The van der Waals surface area contributed by atoms with Crippen LogP contribution in [0.1, 0.15) is 59.3 Å². The molecule has 2 aromatic rings. The van der Waals surface area contributed by atoms with Crippen LogP contribution in [-0.2, 0) is 19.7 Å². The summed E-state index contributed by atoms with van der Waals surface area (Å²) >= 11 is 0. The Balaban J connectivity index is 2.70. The summed E-state index contributed by atoms with van der Waals surface area (Å²) in [6.45, 7) is 6.77. The van der Waals surface area contributed by atoms with Crippen molar-refractivity contribution < 1.29 is 35.8 Å². The standard InChI is InChI=1S/C25H34N2O7S2/c1-4-7-17-32-21-15-16-22(24(34-19-9-6-3)23(21)33-18-8-5-2)36(30,31)25(27-26)35(28,29)20-13-11-10-12-14-20/h10-16H,4-9,17-19H2,1-3H3. The van der Waals surface area contributed by atoms with Crippen LogP contribution in [0.4, 0.5) is 0 Å². The highest BCUT2D eigenvalue weighted by Gasteiger charge is 2.46. The number of rotatable bonds is 14. The normalized spacial score (nSPS) is 11.5. The van der Waals surface area contributed by atoms with Gasteiger partial charge in [0.15, 0.2) is 11.5 Å². The summed E-state index contributed by atoms with van der Waals surface area (Å²) in [5, 5.41) is 0. The van der Waals surface area contributed by atoms with Crippen LogP contribution in [0, 0.1) is 0 Å². The monoisotopic (exact) mass is 538 g/mol. The highest BCUT2D eigenvalue weighted by Crippen LogP contribution is 2.43. The maximum atomic E-state index is 13.6. The maximum absolute atomic E-state index is 13.6. The van der Waals surface area contributed by atoms with Crippen molar-refractivity contribution in [3.8, 4) is 17.2 Å². The second kappa shape index (κ2) is 14.0. The summed E-state index contributed by atoms with van der Waals surface area (Å²) in [5.74, 6) is 0.197. The topological polar surface area (TPSA) is 132 Å². The number of benzene rings is 2. The van der Waals surface area contributed by atoms with Gasteiger partial charge in [-0.2, -0.15) is 0 Å². The molecule has 2 aromatic carbocycles. The zero-order valence-electron chi connectivity index (χ0n) is 21.0. The molecule has 0 aliphatic carbocycles. The Bertz CT molecular complexity index is 1250. The highest BCUT2D eigenvalue weighted by molar-refractivity contribution is 8.31. The molecular formula is C25H34N2O7S2. The molecule has 0 unspecified atom stereocenters. The van der Waals surface area contributed by atoms with E-state index in [4.69, 9.17) is 14.2 Å². The molecule has 0 amide bonds. The van der Waals surface area contributed by atoms with Crippen LogP contribution < -0.4 is 14.2 Å². The van der Waals surface area contributed by atoms with Gasteiger partial charge in [0.05, 0.1) is 24.7 Å². The Morgan fingerprint density at radius 1 is 0.722 bits per heavy atom. The molecule has 0 atom stereocenters. The Hall–Kier alpha value is -2.88. The van der Waals surface area contributed by atoms with Gasteiger partial charge < -0.3 is 19.7 Å². The minimum absolute atomic E-state index is 0.0751. The van der Waals surface area contributed by atoms with Gasteiger partial charge in [0, 0.05) is 0 Å². The summed E-state index contributed by atoms with van der Waals surface area (Å²) in [4.78, 5) is 1.91. The average molecular weight is 539 g/mol. The lowest BCUT2D eigenvalue weighted by Gasteiger charge is -2.19. The molecule has 9 nitrogen and oxygen atoms in total. The first-order valence-electron chi connectivity index (χ1n) is 12.1. The fourth-order valence-corrected chi connectivity index (χ4v) is 6.61. The summed E-state index contributed by atoms with van der Waals surface area (Å²) in [6, 6.07) is 9.50. The SMILES string of the molecule is CCCCOc1ccc(S(=O)(=O)C(=[N+]=[N-])S(=O)(=O)c2ccccc2)c(OCCCC)c1OCCCC. The van der Waals surface area contributed by atoms with E-state index in [1.165, 1.54) is 36.4 Å². The predicted octanol–water partition coefficient (Wildman–Crippen LogP) is 5.06. The molecule has 0 N–H and O–H groups in total. The van der Waals surface area contributed by atoms with Crippen molar-refractivity contribution in [3.05, 3.63) is 48.0 Å². The Morgan fingerprint density at radius 2 is 1.25 bits per heavy atom. The molecule has 11 heteroatoms. The molecule has 36 heavy (non-hydrogen) atoms. The molecule has 2 rings (SSSR count). The molecule has 198 valence electrons. The van der Waals surface area contributed by atoms with Crippen molar-refractivity contribution >= 4 is 24.1 Å². The first-order valence-corrected chi connectivity index (χ1v) is 15.0. The van der Waals surface area contributed by atoms with Crippen molar-refractivity contribution in [3.63, 3.8) is 0 Å². The third-order valence-electron chi connectivity index (χ3n) is 5.17. The fourth-order valence-electron chi connectivity index (χ4n) is 3.14. The molecule has 0 heterocycles. The molecule has 0 aliphatic rings. The van der Waals surface area contributed by atoms with Gasteiger partial charge in [0.25, 0.3) is 19.7 Å². The van der Waals surface area contributed by atoms with Gasteiger partial charge in [-0.25, -0.2) is 16.8 Å². The van der Waals surface area contributed by atoms with E-state index in [-0.39, 0.29) is 29.6 Å². The Morgan fingerprint density at radius 3 is 1.78 bits per heavy atom. The number of nitrogens with zero attached hydrogens (tertiary/aromatic N) is 2. The zero-order valence-corrected chi connectivity index (χ0v) is 22.6. The van der Waals surface area contributed by atoms with Gasteiger partial charge in [0.1, 0.15) is 4.90 Å². The molecule has 0 spiro atoms. The lowest BCUT2D eigenvalue weighted by molar-refractivity contribution is 0.00378. The minimum atomic E-state index is -4.87. The zero-order chi connectivity index (χ0) is 26.6. The molecule has 0 aromatic heterocycles. The number of hydrogen-bond donors (Lipinski definition) is 0. The van der Waals surface area contributed by atoms with Gasteiger partial charge >= 0.3 is 4.38 Å². The Kier molecular flexibility index (Phi) is 11.4. The summed E-state index contributed by atoms with van der Waals surface area (Å²) in [5.41, 5.74) is 9.60. The van der Waals surface area contributed by atoms with Crippen LogP contribution in [0.3, 0.4) is 0 Å². The van der Waals surface area contributed by atoms with E-state index in [0.717, 1.165) is 25.7 Å². The predicted molar refractivity (Wildman–Crippen MR) is 137 cm³/mol. The molecule has 0 aliphatic heterocycles. The fraction of sp³-hybridized carbons (Fsp3) is 0.480. The lowest BCUT2D eigenvalue weighted by Crippen LogP contribution is -2.27. The van der Waals surface area contributed by atoms with E-state index in [1.807, 2.05) is 20.8 Å². The van der Waals surface area contributed by atoms with Crippen molar-refractivity contribution in [2.45, 2.75) is 69.1 Å². The van der Waals surface area contributed by atoms with Crippen LogP contribution in [0.5, 0.6) is 17.2 Å². The van der Waals surface area contributed by atoms with Gasteiger partial charge in [-0.05, 0) is 43.5 Å². The van der Waals surface area contributed by atoms with Crippen molar-refractivity contribution in [1.29, 1.82) is 0 Å². The number of sulfone groups is 2. The first-order chi connectivity index (χ1) is 17.2. The van der Waals surface area contributed by atoms with E-state index in [9.17, 15) is 22.4 Å². The second-order valence-corrected chi connectivity index (χ2v) is 12.0. The largest absolute Gasteiger partial charge is 0.504 e. The van der Waals surface area contributed by atoms with Gasteiger partial charge in [-0.1, -0.05) is 58.2 Å². The quantitative estimate of drug-likeness (QED) is 0.108.